The van der Waals surface area contributed by atoms with E-state index in [1.54, 1.807) is 24.3 Å². The molecule has 12 heteroatoms. The normalized spacial score (nSPS) is 11.9. The van der Waals surface area contributed by atoms with Gasteiger partial charge in [0.15, 0.2) is 0 Å². The van der Waals surface area contributed by atoms with Gasteiger partial charge in [-0.2, -0.15) is 0 Å². The molecule has 22 aromatic rings. The molecule has 24 rings (SSSR count). The number of hydrogen-bond donors (Lipinski definition) is 2. The molecular weight excluding hydrogens is 2100 g/mol. The predicted molar refractivity (Wildman–Crippen MR) is 658 cm³/mol. The Labute approximate surface area is 923 Å². The maximum Gasteiger partial charge on any atom is 0.488 e. The zero-order valence-corrected chi connectivity index (χ0v) is 92.6. The van der Waals surface area contributed by atoms with Crippen molar-refractivity contribution in [1.29, 1.82) is 1.28 Å². The molecule has 0 aliphatic heterocycles. The molecule has 0 saturated heterocycles. The molecule has 2 aliphatic rings. The molecule has 150 heavy (non-hydrogen) atoms. The molecule has 0 radical (unpaired) electrons. The van der Waals surface area contributed by atoms with Gasteiger partial charge in [-0.1, -0.05) is 651 Å². The van der Waals surface area contributed by atoms with E-state index in [1.165, 1.54) is 152 Å². The van der Waals surface area contributed by atoms with Crippen LogP contribution in [0.25, 0.3) is 11.1 Å². The Bertz CT molecular complexity index is 6880. The summed E-state index contributed by atoms with van der Waals surface area (Å²) in [5.74, 6) is 0. The zero-order valence-electron chi connectivity index (χ0n) is 84.2. The van der Waals surface area contributed by atoms with Gasteiger partial charge in [0, 0.05) is 24.9 Å². The molecule has 2 N–H and O–H groups in total. The van der Waals surface area contributed by atoms with Gasteiger partial charge in [-0.25, -0.2) is 0 Å². The summed E-state index contributed by atoms with van der Waals surface area (Å²) in [4.78, 5) is 0. The van der Waals surface area contributed by atoms with Gasteiger partial charge in [0.25, 0.3) is 0 Å². The number of hydrogen-bond acceptors (Lipinski definition) is 2. The maximum absolute atomic E-state index is 8.58. The first kappa shape index (κ1) is 108. The van der Waals surface area contributed by atoms with Crippen molar-refractivity contribution >= 4 is 150 Å². The quantitative estimate of drug-likeness (QED) is 0.0664. The van der Waals surface area contributed by atoms with Gasteiger partial charge >= 0.3 is 7.12 Å². The van der Waals surface area contributed by atoms with Gasteiger partial charge in [0.2, 0.25) is 0 Å². The van der Waals surface area contributed by atoms with Crippen LogP contribution >= 0.6 is 63.6 Å². The van der Waals surface area contributed by atoms with Crippen LogP contribution in [0.15, 0.2) is 635 Å². The molecule has 0 amide bonds. The van der Waals surface area contributed by atoms with Crippen LogP contribution < -0.4 is 69.1 Å². The number of aryl methyl sites for hydroxylation is 4. The van der Waals surface area contributed by atoms with Crippen molar-refractivity contribution in [3.63, 3.8) is 0 Å². The summed E-state index contributed by atoms with van der Waals surface area (Å²) in [5, 5.41) is 33.9. The SMILES string of the molecule is Brc1ccc(C2(c3ccccc3)c3ccccc3CCc3ccccc32)cc1.OB(O)c1ccccc1.[2H]P=S=P.[Pd].c1ccc(-c2ccc(C3(c4ccccc4)c4ccccc4CCc4ccccc43)cc2)cc1.c1ccc(P(c2ccccc2)c2ccccc2)cc1.c1ccc(P(c2ccccc2)c2ccccc2)cc1.c1ccc(P(c2ccccc2)c2ccccc2)cc1.c1ccc(P(c2ccccc2)c2ccccc2)cc1. The first-order chi connectivity index (χ1) is 74.2. The smallest absolute Gasteiger partial charge is 0.423 e. The van der Waals surface area contributed by atoms with Gasteiger partial charge in [-0.05, 0) is 217 Å². The van der Waals surface area contributed by atoms with Crippen LogP contribution in [0.1, 0.15) is 66.8 Å². The summed E-state index contributed by atoms with van der Waals surface area (Å²) in [5.41, 5.74) is 19.0. The zero-order chi connectivity index (χ0) is 103. The van der Waals surface area contributed by atoms with E-state index in [9.17, 15) is 0 Å². The van der Waals surface area contributed by atoms with Crippen LogP contribution in [0.2, 0.25) is 0 Å². The predicted octanol–water partition coefficient (Wildman–Crippen LogP) is 29.1. The Morgan fingerprint density at radius 2 is 0.360 bits per heavy atom. The molecule has 0 aromatic heterocycles. The molecule has 0 unspecified atom stereocenters. The van der Waals surface area contributed by atoms with Crippen LogP contribution in [0.4, 0.5) is 0 Å². The van der Waals surface area contributed by atoms with Crippen molar-refractivity contribution in [3.05, 3.63) is 702 Å². The van der Waals surface area contributed by atoms with E-state index in [4.69, 9.17) is 11.3 Å². The second kappa shape index (κ2) is 57.5. The summed E-state index contributed by atoms with van der Waals surface area (Å²) < 4.78 is 7.44. The first-order valence-electron chi connectivity index (χ1n) is 50.7. The van der Waals surface area contributed by atoms with Crippen LogP contribution in [0.5, 0.6) is 0 Å². The molecular formula is C138H116BBrO2P6PdS. The monoisotopic (exact) mass is 2220 g/mol. The second-order valence-electron chi connectivity index (χ2n) is 35.6. The number of benzene rings is 22. The molecule has 736 valence electrons. The molecule has 2 nitrogen and oxygen atoms in total. The minimum atomic E-state index is -1.34. The summed E-state index contributed by atoms with van der Waals surface area (Å²) in [6.07, 6.45) is 4.25. The average Bonchev–Trinajstić information content (AvgIpc) is 1.04. The van der Waals surface area contributed by atoms with Crippen molar-refractivity contribution in [1.82, 2.24) is 0 Å². The van der Waals surface area contributed by atoms with Crippen molar-refractivity contribution in [2.75, 3.05) is 0 Å². The number of rotatable bonds is 18. The van der Waals surface area contributed by atoms with Gasteiger partial charge in [-0.15, -0.1) is 10.1 Å². The molecule has 0 spiro atoms. The fourth-order valence-electron chi connectivity index (χ4n) is 19.8. The van der Waals surface area contributed by atoms with Crippen molar-refractivity contribution < 1.29 is 30.5 Å². The van der Waals surface area contributed by atoms with Crippen LogP contribution in [0.3, 0.4) is 0 Å². The third-order valence-electron chi connectivity index (χ3n) is 26.4. The number of halogens is 1. The van der Waals surface area contributed by atoms with Crippen molar-refractivity contribution in [2.45, 2.75) is 36.5 Å². The van der Waals surface area contributed by atoms with Gasteiger partial charge in [0.05, 0.1) is 10.8 Å². The molecule has 0 saturated carbocycles. The molecule has 0 fully saturated rings. The Kier molecular flexibility index (Phi) is 41.3. The van der Waals surface area contributed by atoms with E-state index in [2.05, 4.69) is 625 Å². The van der Waals surface area contributed by atoms with Crippen molar-refractivity contribution in [2.24, 2.45) is 0 Å². The Hall–Kier alpha value is -13.5. The fraction of sp³-hybridized carbons (Fsp3) is 0.0435. The van der Waals surface area contributed by atoms with E-state index < -0.39 is 38.8 Å². The van der Waals surface area contributed by atoms with Crippen LogP contribution in [0, 0.1) is 0 Å². The third kappa shape index (κ3) is 28.0. The number of fused-ring (bicyclic) bond motifs is 4. The molecule has 22 aromatic carbocycles. The minimum Gasteiger partial charge on any atom is -0.423 e. The van der Waals surface area contributed by atoms with E-state index in [-0.39, 0.29) is 31.3 Å². The van der Waals surface area contributed by atoms with E-state index in [0.29, 0.717) is 13.4 Å². The summed E-state index contributed by atoms with van der Waals surface area (Å²) in [7, 11) is 1.76. The second-order valence-corrected chi connectivity index (χ2v) is 47.7. The minimum absolute atomic E-state index is 0. The Morgan fingerprint density at radius 1 is 0.207 bits per heavy atom. The molecule has 2 aliphatic carbocycles. The van der Waals surface area contributed by atoms with Crippen LogP contribution in [-0.2, 0) is 67.1 Å². The van der Waals surface area contributed by atoms with E-state index in [0.717, 1.165) is 30.2 Å². The maximum atomic E-state index is 8.58. The Morgan fingerprint density at radius 3 is 0.547 bits per heavy atom. The summed E-state index contributed by atoms with van der Waals surface area (Å²) in [6.45, 7) is 0. The average molecular weight is 2220 g/mol. The van der Waals surface area contributed by atoms with Gasteiger partial charge in [0.1, 0.15) is 1.28 Å². The summed E-state index contributed by atoms with van der Waals surface area (Å²) >= 11 is 3.62. The molecule has 0 heterocycles. The summed E-state index contributed by atoms with van der Waals surface area (Å²) in [6, 6.07) is 225. The standard InChI is InChI=1S/C33H26.C27H21Br.4C18H15P.C6H7BO2.H2P2S.Pd/c1-3-11-25(12-4-1)26-21-23-30(24-22-26)33(29-15-5-2-6-16-29)31-17-9-7-13-27(31)19-20-28-14-8-10-18-32(28)33;28-24-18-16-23(17-19-24)27(22-10-2-1-3-11-22)25-12-6-4-8-20(25)14-15-21-9-5-7-13-26(21)27;4*1-4-10-16(11-5-1)19(17-12-6-2-7-13-17)18-14-8-3-9-15-18;8-7(9)6-4-2-1-3-5-6;1-3-2;/h1-18,21-24H,19-20H2;1-13,16-19H,14-15H2;4*1-15H;1-5,8-9H;1-2H;/i;;;;;;;1D;. The van der Waals surface area contributed by atoms with Crippen LogP contribution in [-0.4, -0.2) is 18.4 Å². The topological polar surface area (TPSA) is 40.5 Å². The molecule has 0 bridgehead atoms. The third-order valence-corrected chi connectivity index (χ3v) is 36.7. The van der Waals surface area contributed by atoms with E-state index in [1.807, 2.05) is 6.07 Å². The first-order valence-corrected chi connectivity index (χ1v) is 59.5. The van der Waals surface area contributed by atoms with Crippen molar-refractivity contribution in [3.8, 4) is 11.1 Å². The van der Waals surface area contributed by atoms with Gasteiger partial charge < -0.3 is 10.0 Å². The molecule has 0 atom stereocenters. The fourth-order valence-corrected chi connectivity index (χ4v) is 29.3. The van der Waals surface area contributed by atoms with E-state index >= 15 is 0 Å². The largest absolute Gasteiger partial charge is 0.488 e. The Balaban J connectivity index is 0.000000127. The van der Waals surface area contributed by atoms with Gasteiger partial charge in [-0.3, -0.25) is 0 Å².